The second-order valence-corrected chi connectivity index (χ2v) is 6.52. The molecule has 2 fully saturated rings. The van der Waals surface area contributed by atoms with Crippen molar-refractivity contribution in [1.82, 2.24) is 5.01 Å². The van der Waals surface area contributed by atoms with Crippen molar-refractivity contribution >= 4 is 0 Å². The van der Waals surface area contributed by atoms with E-state index in [2.05, 4.69) is 0 Å². The van der Waals surface area contributed by atoms with Crippen molar-refractivity contribution in [2.24, 2.45) is 5.84 Å². The molecule has 0 saturated carbocycles. The molecule has 8 heteroatoms. The van der Waals surface area contributed by atoms with Gasteiger partial charge in [0.05, 0.1) is 25.4 Å². The number of hydrazine groups is 1. The Morgan fingerprint density at radius 3 is 1.71 bits per heavy atom. The van der Waals surface area contributed by atoms with Crippen LogP contribution in [0.3, 0.4) is 0 Å². The molecule has 2 aliphatic rings. The first-order chi connectivity index (χ1) is 11.6. The fraction of sp³-hybridized carbons (Fsp3) is 1.00. The molecule has 2 rings (SSSR count). The number of aliphatic hydroxyl groups is 2. The Balaban J connectivity index is 1.52. The summed E-state index contributed by atoms with van der Waals surface area (Å²) in [5.74, 6) is 5.83. The van der Waals surface area contributed by atoms with Crippen molar-refractivity contribution in [3.63, 3.8) is 0 Å². The molecule has 0 aliphatic carbocycles. The van der Waals surface area contributed by atoms with E-state index in [4.69, 9.17) is 24.8 Å². The summed E-state index contributed by atoms with van der Waals surface area (Å²) in [6.07, 6.45) is 4.10. The molecular weight excluding hydrogens is 316 g/mol. The van der Waals surface area contributed by atoms with Gasteiger partial charge in [0.25, 0.3) is 0 Å². The van der Waals surface area contributed by atoms with Gasteiger partial charge in [-0.25, -0.2) is 5.01 Å². The number of rotatable bonds is 10. The minimum absolute atomic E-state index is 0.168. The molecule has 142 valence electrons. The minimum atomic E-state index is -0.727. The van der Waals surface area contributed by atoms with E-state index in [9.17, 15) is 10.2 Å². The van der Waals surface area contributed by atoms with Gasteiger partial charge in [0.15, 0.2) is 12.6 Å². The largest absolute Gasteiger partial charge is 0.389 e. The number of nitrogens with zero attached hydrogens (tertiary/aromatic N) is 1. The van der Waals surface area contributed by atoms with E-state index in [-0.39, 0.29) is 38.9 Å². The highest BCUT2D eigenvalue weighted by atomic mass is 16.7. The zero-order valence-corrected chi connectivity index (χ0v) is 14.3. The molecule has 4 atom stereocenters. The molecule has 4 N–H and O–H groups in total. The molecular formula is C16H32N2O6. The number of aliphatic hydroxyl groups excluding tert-OH is 2. The van der Waals surface area contributed by atoms with Crippen LogP contribution in [0.15, 0.2) is 0 Å². The van der Waals surface area contributed by atoms with Crippen LogP contribution in [0.5, 0.6) is 0 Å². The van der Waals surface area contributed by atoms with Crippen LogP contribution in [0.1, 0.15) is 38.5 Å². The zero-order chi connectivity index (χ0) is 17.2. The molecule has 8 nitrogen and oxygen atoms in total. The van der Waals surface area contributed by atoms with Gasteiger partial charge in [-0.2, -0.15) is 0 Å². The second-order valence-electron chi connectivity index (χ2n) is 6.52. The molecule has 2 heterocycles. The quantitative estimate of drug-likeness (QED) is 0.373. The smallest absolute Gasteiger partial charge is 0.157 e. The van der Waals surface area contributed by atoms with Crippen LogP contribution in [-0.2, 0) is 18.9 Å². The van der Waals surface area contributed by atoms with Gasteiger partial charge in [-0.15, -0.1) is 0 Å². The average molecular weight is 348 g/mol. The summed E-state index contributed by atoms with van der Waals surface area (Å²) < 4.78 is 21.9. The molecule has 0 aromatic carbocycles. The van der Waals surface area contributed by atoms with E-state index in [1.165, 1.54) is 5.01 Å². The van der Waals surface area contributed by atoms with Crippen molar-refractivity contribution in [2.45, 2.75) is 63.3 Å². The molecule has 2 aliphatic heterocycles. The van der Waals surface area contributed by atoms with Crippen molar-refractivity contribution in [3.05, 3.63) is 0 Å². The van der Waals surface area contributed by atoms with E-state index >= 15 is 0 Å². The van der Waals surface area contributed by atoms with Crippen LogP contribution in [0, 0.1) is 0 Å². The summed E-state index contributed by atoms with van der Waals surface area (Å²) in [4.78, 5) is 0. The minimum Gasteiger partial charge on any atom is -0.389 e. The Morgan fingerprint density at radius 2 is 1.33 bits per heavy atom. The van der Waals surface area contributed by atoms with Crippen LogP contribution < -0.4 is 5.84 Å². The zero-order valence-electron chi connectivity index (χ0n) is 14.3. The third-order valence-corrected chi connectivity index (χ3v) is 4.12. The van der Waals surface area contributed by atoms with E-state index < -0.39 is 12.2 Å². The van der Waals surface area contributed by atoms with Crippen molar-refractivity contribution in [3.8, 4) is 0 Å². The number of hydrogen-bond acceptors (Lipinski definition) is 8. The molecule has 2 saturated heterocycles. The molecule has 0 radical (unpaired) electrons. The number of hydrogen-bond donors (Lipinski definition) is 3. The maximum atomic E-state index is 9.96. The Morgan fingerprint density at radius 1 is 0.875 bits per heavy atom. The lowest BCUT2D eigenvalue weighted by atomic mass is 10.2. The second kappa shape index (κ2) is 11.3. The fourth-order valence-electron chi connectivity index (χ4n) is 2.84. The van der Waals surface area contributed by atoms with E-state index in [1.807, 2.05) is 0 Å². The van der Waals surface area contributed by atoms with Gasteiger partial charge in [0, 0.05) is 26.3 Å². The summed E-state index contributed by atoms with van der Waals surface area (Å²) >= 11 is 0. The number of ether oxygens (including phenoxy) is 4. The lowest BCUT2D eigenvalue weighted by Gasteiger charge is -2.27. The predicted molar refractivity (Wildman–Crippen MR) is 86.9 cm³/mol. The third kappa shape index (κ3) is 8.17. The summed E-state index contributed by atoms with van der Waals surface area (Å²) in [7, 11) is 0. The summed E-state index contributed by atoms with van der Waals surface area (Å²) in [6.45, 7) is 2.18. The molecule has 24 heavy (non-hydrogen) atoms. The van der Waals surface area contributed by atoms with Crippen LogP contribution in [0.4, 0.5) is 0 Å². The first-order valence-electron chi connectivity index (χ1n) is 8.95. The van der Waals surface area contributed by atoms with Gasteiger partial charge < -0.3 is 29.2 Å². The monoisotopic (exact) mass is 348 g/mol. The Bertz CT molecular complexity index is 294. The summed E-state index contributed by atoms with van der Waals surface area (Å²) in [5.41, 5.74) is 0. The highest BCUT2D eigenvalue weighted by Gasteiger charge is 2.19. The molecule has 0 aromatic heterocycles. The SMILES string of the molecule is NN(CC(O)COC1CCCCO1)CC(O)COC1CCCCO1. The highest BCUT2D eigenvalue weighted by Crippen LogP contribution is 2.14. The van der Waals surface area contributed by atoms with E-state index in [0.29, 0.717) is 13.2 Å². The van der Waals surface area contributed by atoms with E-state index in [0.717, 1.165) is 38.5 Å². The van der Waals surface area contributed by atoms with Gasteiger partial charge in [-0.05, 0) is 38.5 Å². The standard InChI is InChI=1S/C16H32N2O6/c17-18(9-13(19)11-23-15-5-1-3-7-21-15)10-14(20)12-24-16-6-2-4-8-22-16/h13-16,19-20H,1-12,17H2. The van der Waals surface area contributed by atoms with Gasteiger partial charge in [0.1, 0.15) is 0 Å². The van der Waals surface area contributed by atoms with Gasteiger partial charge in [-0.1, -0.05) is 0 Å². The van der Waals surface area contributed by atoms with Crippen LogP contribution in [0.25, 0.3) is 0 Å². The summed E-state index contributed by atoms with van der Waals surface area (Å²) in [5, 5.41) is 21.3. The highest BCUT2D eigenvalue weighted by molar-refractivity contribution is 4.66. The maximum Gasteiger partial charge on any atom is 0.157 e. The molecule has 0 aromatic rings. The lowest BCUT2D eigenvalue weighted by Crippen LogP contribution is -2.45. The first kappa shape index (κ1) is 20.0. The Kier molecular flexibility index (Phi) is 9.44. The van der Waals surface area contributed by atoms with Crippen LogP contribution in [-0.4, -0.2) is 79.5 Å². The van der Waals surface area contributed by atoms with Gasteiger partial charge in [-0.3, -0.25) is 5.84 Å². The maximum absolute atomic E-state index is 9.96. The van der Waals surface area contributed by atoms with Gasteiger partial charge in [0.2, 0.25) is 0 Å². The Labute approximate surface area is 143 Å². The molecule has 0 spiro atoms. The van der Waals surface area contributed by atoms with Crippen molar-refractivity contribution < 1.29 is 29.2 Å². The van der Waals surface area contributed by atoms with Crippen LogP contribution >= 0.6 is 0 Å². The Hall–Kier alpha value is -0.320. The van der Waals surface area contributed by atoms with E-state index in [1.54, 1.807) is 0 Å². The van der Waals surface area contributed by atoms with Crippen LogP contribution in [0.2, 0.25) is 0 Å². The third-order valence-electron chi connectivity index (χ3n) is 4.12. The van der Waals surface area contributed by atoms with Crippen molar-refractivity contribution in [1.29, 1.82) is 0 Å². The summed E-state index contributed by atoms with van der Waals surface area (Å²) in [6, 6.07) is 0. The number of nitrogens with two attached hydrogens (primary N) is 1. The topological polar surface area (TPSA) is 107 Å². The molecule has 0 bridgehead atoms. The normalized spacial score (nSPS) is 28.0. The molecule has 4 unspecified atom stereocenters. The predicted octanol–water partition coefficient (Wildman–Crippen LogP) is -0.0297. The van der Waals surface area contributed by atoms with Crippen molar-refractivity contribution in [2.75, 3.05) is 39.5 Å². The van der Waals surface area contributed by atoms with Gasteiger partial charge >= 0.3 is 0 Å². The average Bonchev–Trinajstić information content (AvgIpc) is 2.60. The first-order valence-corrected chi connectivity index (χ1v) is 8.95. The molecule has 0 amide bonds. The fourth-order valence-corrected chi connectivity index (χ4v) is 2.84. The lowest BCUT2D eigenvalue weighted by molar-refractivity contribution is -0.179.